The maximum absolute atomic E-state index is 12.5. The number of nitrogens with zero attached hydrogens (tertiary/aromatic N) is 1. The minimum atomic E-state index is -2.88. The van der Waals surface area contributed by atoms with E-state index in [1.807, 2.05) is 0 Å². The van der Waals surface area contributed by atoms with Gasteiger partial charge in [-0.1, -0.05) is 17.7 Å². The molecule has 19 heavy (non-hydrogen) atoms. The Balaban J connectivity index is 2.19. The van der Waals surface area contributed by atoms with E-state index >= 15 is 0 Å². The van der Waals surface area contributed by atoms with Crippen LogP contribution in [-0.2, 0) is 0 Å². The minimum absolute atomic E-state index is 0.114. The predicted molar refractivity (Wildman–Crippen MR) is 64.9 cm³/mol. The Labute approximate surface area is 113 Å². The van der Waals surface area contributed by atoms with Gasteiger partial charge in [-0.25, -0.2) is 8.78 Å². The lowest BCUT2D eigenvalue weighted by atomic mass is 9.93. The first-order chi connectivity index (χ1) is 8.89. The lowest BCUT2D eigenvalue weighted by Gasteiger charge is -2.45. The number of carbonyl (C=O) groups excluding carboxylic acids is 1. The van der Waals surface area contributed by atoms with Crippen molar-refractivity contribution in [2.45, 2.75) is 12.0 Å². The Morgan fingerprint density at radius 3 is 2.68 bits per heavy atom. The van der Waals surface area contributed by atoms with Crippen LogP contribution in [0.3, 0.4) is 0 Å². The topological polar surface area (TPSA) is 49.8 Å². The maximum Gasteiger partial charge on any atom is 0.270 e. The van der Waals surface area contributed by atoms with Gasteiger partial charge in [0.1, 0.15) is 11.3 Å². The zero-order valence-electron chi connectivity index (χ0n) is 10.1. The molecule has 0 saturated carbocycles. The van der Waals surface area contributed by atoms with Crippen LogP contribution in [0.5, 0.6) is 5.75 Å². The van der Waals surface area contributed by atoms with Crippen molar-refractivity contribution in [1.29, 1.82) is 0 Å². The van der Waals surface area contributed by atoms with Gasteiger partial charge in [-0.05, 0) is 12.1 Å². The highest BCUT2D eigenvalue weighted by atomic mass is 35.5. The van der Waals surface area contributed by atoms with Crippen LogP contribution in [0.25, 0.3) is 0 Å². The Kier molecular flexibility index (Phi) is 3.64. The first-order valence-electron chi connectivity index (χ1n) is 5.51. The largest absolute Gasteiger partial charge is 0.496 e. The van der Waals surface area contributed by atoms with Crippen molar-refractivity contribution in [3.05, 3.63) is 28.8 Å². The zero-order valence-corrected chi connectivity index (χ0v) is 10.8. The van der Waals surface area contributed by atoms with E-state index in [1.54, 1.807) is 12.1 Å². The summed E-state index contributed by atoms with van der Waals surface area (Å²) in [6.07, 6.45) is -2.88. The van der Waals surface area contributed by atoms with Gasteiger partial charge in [0.2, 0.25) is 0 Å². The molecule has 0 unspecified atom stereocenters. The number of benzene rings is 1. The second-order valence-electron chi connectivity index (χ2n) is 4.38. The van der Waals surface area contributed by atoms with E-state index in [2.05, 4.69) is 0 Å². The maximum atomic E-state index is 12.5. The molecular weight excluding hydrogens is 280 g/mol. The molecule has 1 saturated heterocycles. The third-order valence-corrected chi connectivity index (χ3v) is 3.35. The van der Waals surface area contributed by atoms with Gasteiger partial charge in [0, 0.05) is 0 Å². The minimum Gasteiger partial charge on any atom is -0.496 e. The number of alkyl halides is 2. The highest BCUT2D eigenvalue weighted by Crippen LogP contribution is 2.33. The van der Waals surface area contributed by atoms with Crippen molar-refractivity contribution in [1.82, 2.24) is 4.90 Å². The molecule has 0 atom stereocenters. The van der Waals surface area contributed by atoms with Crippen molar-refractivity contribution < 1.29 is 23.4 Å². The Morgan fingerprint density at radius 2 is 2.16 bits per heavy atom. The number of rotatable bonds is 3. The molecule has 1 N–H and O–H groups in total. The van der Waals surface area contributed by atoms with E-state index in [9.17, 15) is 18.7 Å². The molecule has 0 bridgehead atoms. The van der Waals surface area contributed by atoms with Crippen molar-refractivity contribution >= 4 is 17.5 Å². The number of β-amino-alcohol motifs (C(OH)–C–C–N with tert-alkyl or cyclic N) is 1. The number of likely N-dealkylation sites (tertiary alicyclic amines) is 1. The summed E-state index contributed by atoms with van der Waals surface area (Å²) >= 11 is 5.92. The molecule has 0 aliphatic carbocycles. The molecule has 104 valence electrons. The molecule has 0 spiro atoms. The van der Waals surface area contributed by atoms with E-state index in [1.165, 1.54) is 13.2 Å². The van der Waals surface area contributed by atoms with Gasteiger partial charge in [0.05, 0.1) is 25.2 Å². The lowest BCUT2D eigenvalue weighted by molar-refractivity contribution is -0.166. The summed E-state index contributed by atoms with van der Waals surface area (Å²) in [6.45, 7) is -0.838. The number of methoxy groups -OCH3 is 1. The average Bonchev–Trinajstić information content (AvgIpc) is 2.33. The molecule has 1 aromatic carbocycles. The summed E-state index contributed by atoms with van der Waals surface area (Å²) < 4.78 is 30.0. The highest BCUT2D eigenvalue weighted by molar-refractivity contribution is 6.34. The SMILES string of the molecule is COc1cccc(Cl)c1C(=O)N1CC(O)(C(F)F)C1. The number of ether oxygens (including phenoxy) is 1. The molecule has 1 aliphatic rings. The first-order valence-corrected chi connectivity index (χ1v) is 5.89. The van der Waals surface area contributed by atoms with Gasteiger partial charge < -0.3 is 14.7 Å². The number of halogens is 3. The number of amides is 1. The zero-order chi connectivity index (χ0) is 14.2. The Hall–Kier alpha value is -1.40. The molecule has 7 heteroatoms. The quantitative estimate of drug-likeness (QED) is 0.924. The molecule has 1 heterocycles. The van der Waals surface area contributed by atoms with Crippen LogP contribution in [0, 0.1) is 0 Å². The summed E-state index contributed by atoms with van der Waals surface area (Å²) in [5.41, 5.74) is -2.01. The van der Waals surface area contributed by atoms with Gasteiger partial charge >= 0.3 is 0 Å². The average molecular weight is 292 g/mol. The number of aliphatic hydroxyl groups is 1. The van der Waals surface area contributed by atoms with Crippen molar-refractivity contribution in [2.24, 2.45) is 0 Å². The molecule has 1 aliphatic heterocycles. The highest BCUT2D eigenvalue weighted by Gasteiger charge is 2.51. The lowest BCUT2D eigenvalue weighted by Crippen LogP contribution is -2.67. The Bertz CT molecular complexity index is 504. The summed E-state index contributed by atoms with van der Waals surface area (Å²) in [5.74, 6) is -0.266. The van der Waals surface area contributed by atoms with E-state index in [4.69, 9.17) is 16.3 Å². The van der Waals surface area contributed by atoms with Crippen LogP contribution >= 0.6 is 11.6 Å². The molecule has 2 rings (SSSR count). The fourth-order valence-electron chi connectivity index (χ4n) is 1.94. The van der Waals surface area contributed by atoms with Crippen molar-refractivity contribution in [2.75, 3.05) is 20.2 Å². The smallest absolute Gasteiger partial charge is 0.270 e. The van der Waals surface area contributed by atoms with Gasteiger partial charge in [-0.3, -0.25) is 4.79 Å². The van der Waals surface area contributed by atoms with Crippen LogP contribution in [0.1, 0.15) is 10.4 Å². The van der Waals surface area contributed by atoms with E-state index < -0.39 is 31.0 Å². The molecule has 1 fully saturated rings. The first kappa shape index (κ1) is 14.0. The molecule has 1 amide bonds. The summed E-state index contributed by atoms with van der Waals surface area (Å²) in [4.78, 5) is 13.3. The number of carbonyl (C=O) groups is 1. The fourth-order valence-corrected chi connectivity index (χ4v) is 2.18. The summed E-state index contributed by atoms with van der Waals surface area (Å²) in [5, 5.41) is 9.62. The van der Waals surface area contributed by atoms with Crippen LogP contribution in [-0.4, -0.2) is 48.1 Å². The molecule has 0 radical (unpaired) electrons. The van der Waals surface area contributed by atoms with Crippen molar-refractivity contribution in [3.8, 4) is 5.75 Å². The fraction of sp³-hybridized carbons (Fsp3) is 0.417. The molecule has 1 aromatic rings. The van der Waals surface area contributed by atoms with Crippen LogP contribution < -0.4 is 4.74 Å². The van der Waals surface area contributed by atoms with Gasteiger partial charge in [-0.15, -0.1) is 0 Å². The van der Waals surface area contributed by atoms with Gasteiger partial charge in [0.15, 0.2) is 5.60 Å². The van der Waals surface area contributed by atoms with Crippen LogP contribution in [0.2, 0.25) is 5.02 Å². The van der Waals surface area contributed by atoms with E-state index in [0.29, 0.717) is 0 Å². The number of hydrogen-bond donors (Lipinski definition) is 1. The second kappa shape index (κ2) is 4.94. The standard InChI is InChI=1S/C12H12ClF2NO3/c1-19-8-4-2-3-7(13)9(8)10(17)16-5-12(18,6-16)11(14)15/h2-4,11,18H,5-6H2,1H3. The third kappa shape index (κ3) is 2.37. The van der Waals surface area contributed by atoms with Crippen LogP contribution in [0.4, 0.5) is 8.78 Å². The van der Waals surface area contributed by atoms with E-state index in [-0.39, 0.29) is 16.3 Å². The van der Waals surface area contributed by atoms with Crippen LogP contribution in [0.15, 0.2) is 18.2 Å². The normalized spacial score (nSPS) is 17.3. The van der Waals surface area contributed by atoms with Gasteiger partial charge in [-0.2, -0.15) is 0 Å². The van der Waals surface area contributed by atoms with E-state index in [0.717, 1.165) is 4.90 Å². The molecular formula is C12H12ClF2NO3. The van der Waals surface area contributed by atoms with Gasteiger partial charge in [0.25, 0.3) is 12.3 Å². The Morgan fingerprint density at radius 1 is 1.53 bits per heavy atom. The predicted octanol–water partition coefficient (Wildman–Crippen LogP) is 1.80. The van der Waals surface area contributed by atoms with Crippen molar-refractivity contribution in [3.63, 3.8) is 0 Å². The summed E-state index contributed by atoms with van der Waals surface area (Å²) in [6, 6.07) is 4.68. The monoisotopic (exact) mass is 291 g/mol. The molecule has 0 aromatic heterocycles. The second-order valence-corrected chi connectivity index (χ2v) is 4.79. The molecule has 4 nitrogen and oxygen atoms in total. The third-order valence-electron chi connectivity index (χ3n) is 3.03. The summed E-state index contributed by atoms with van der Waals surface area (Å²) in [7, 11) is 1.38. The number of hydrogen-bond acceptors (Lipinski definition) is 3.